The lowest BCUT2D eigenvalue weighted by Gasteiger charge is -2.10. The predicted octanol–water partition coefficient (Wildman–Crippen LogP) is 4.25. The first kappa shape index (κ1) is 18.5. The van der Waals surface area contributed by atoms with Crippen LogP contribution in [-0.2, 0) is 6.42 Å². The zero-order chi connectivity index (χ0) is 18.9. The number of hydrogen-bond acceptors (Lipinski definition) is 4. The van der Waals surface area contributed by atoms with Crippen molar-refractivity contribution in [3.05, 3.63) is 84.1 Å². The molecule has 3 rings (SSSR count). The third-order valence-corrected chi connectivity index (χ3v) is 4.06. The van der Waals surface area contributed by atoms with E-state index in [9.17, 15) is 4.79 Å². The number of aryl methyl sites for hydroxylation is 1. The summed E-state index contributed by atoms with van der Waals surface area (Å²) >= 11 is 0. The SMILES string of the molecule is COc1ccc(CCCNC(=O)c2cccnc2Oc2ccccc2)cc1. The van der Waals surface area contributed by atoms with E-state index in [-0.39, 0.29) is 5.91 Å². The van der Waals surface area contributed by atoms with Gasteiger partial charge >= 0.3 is 0 Å². The molecular formula is C22H22N2O3. The lowest BCUT2D eigenvalue weighted by molar-refractivity contribution is 0.0950. The van der Waals surface area contributed by atoms with Crippen LogP contribution in [0, 0.1) is 0 Å². The van der Waals surface area contributed by atoms with Crippen LogP contribution < -0.4 is 14.8 Å². The fraction of sp³-hybridized carbons (Fsp3) is 0.182. The zero-order valence-electron chi connectivity index (χ0n) is 15.2. The van der Waals surface area contributed by atoms with Crippen LogP contribution in [0.2, 0.25) is 0 Å². The molecule has 138 valence electrons. The molecule has 1 N–H and O–H groups in total. The van der Waals surface area contributed by atoms with E-state index in [4.69, 9.17) is 9.47 Å². The van der Waals surface area contributed by atoms with Gasteiger partial charge in [-0.3, -0.25) is 4.79 Å². The maximum Gasteiger partial charge on any atom is 0.256 e. The topological polar surface area (TPSA) is 60.5 Å². The average Bonchev–Trinajstić information content (AvgIpc) is 2.72. The summed E-state index contributed by atoms with van der Waals surface area (Å²) in [6.07, 6.45) is 3.33. The van der Waals surface area contributed by atoms with Crippen LogP contribution in [0.15, 0.2) is 72.9 Å². The molecule has 0 saturated heterocycles. The monoisotopic (exact) mass is 362 g/mol. The quantitative estimate of drug-likeness (QED) is 0.609. The Morgan fingerprint density at radius 1 is 0.963 bits per heavy atom. The van der Waals surface area contributed by atoms with Gasteiger partial charge in [0.2, 0.25) is 5.88 Å². The number of hydrogen-bond donors (Lipinski definition) is 1. The minimum absolute atomic E-state index is 0.191. The van der Waals surface area contributed by atoms with Crippen LogP contribution >= 0.6 is 0 Å². The van der Waals surface area contributed by atoms with E-state index in [1.807, 2.05) is 54.6 Å². The first-order valence-corrected chi connectivity index (χ1v) is 8.85. The van der Waals surface area contributed by atoms with Crippen molar-refractivity contribution in [2.45, 2.75) is 12.8 Å². The average molecular weight is 362 g/mol. The Morgan fingerprint density at radius 2 is 1.74 bits per heavy atom. The van der Waals surface area contributed by atoms with Crippen LogP contribution in [0.1, 0.15) is 22.3 Å². The molecule has 1 aromatic heterocycles. The van der Waals surface area contributed by atoms with E-state index >= 15 is 0 Å². The molecule has 0 saturated carbocycles. The van der Waals surface area contributed by atoms with E-state index in [1.54, 1.807) is 25.4 Å². The summed E-state index contributed by atoms with van der Waals surface area (Å²) in [6.45, 7) is 0.574. The number of amides is 1. The number of methoxy groups -OCH3 is 1. The predicted molar refractivity (Wildman–Crippen MR) is 104 cm³/mol. The lowest BCUT2D eigenvalue weighted by atomic mass is 10.1. The van der Waals surface area contributed by atoms with Crippen LogP contribution in [0.4, 0.5) is 0 Å². The highest BCUT2D eigenvalue weighted by molar-refractivity contribution is 5.96. The maximum absolute atomic E-state index is 12.5. The van der Waals surface area contributed by atoms with Gasteiger partial charge in [-0.15, -0.1) is 0 Å². The number of rotatable bonds is 8. The molecular weight excluding hydrogens is 340 g/mol. The molecule has 0 aliphatic heterocycles. The van der Waals surface area contributed by atoms with E-state index in [1.165, 1.54) is 5.56 Å². The second-order valence-corrected chi connectivity index (χ2v) is 5.98. The molecule has 27 heavy (non-hydrogen) atoms. The second-order valence-electron chi connectivity index (χ2n) is 5.98. The number of carbonyl (C=O) groups excluding carboxylic acids is 1. The fourth-order valence-corrected chi connectivity index (χ4v) is 2.63. The summed E-state index contributed by atoms with van der Waals surface area (Å²) in [5.41, 5.74) is 1.63. The zero-order valence-corrected chi connectivity index (χ0v) is 15.2. The van der Waals surface area contributed by atoms with Crippen molar-refractivity contribution in [2.75, 3.05) is 13.7 Å². The molecule has 1 heterocycles. The lowest BCUT2D eigenvalue weighted by Crippen LogP contribution is -2.25. The minimum atomic E-state index is -0.191. The summed E-state index contributed by atoms with van der Waals surface area (Å²) in [5.74, 6) is 1.60. The van der Waals surface area contributed by atoms with Crippen molar-refractivity contribution in [1.82, 2.24) is 10.3 Å². The van der Waals surface area contributed by atoms with Gasteiger partial charge in [-0.1, -0.05) is 30.3 Å². The number of benzene rings is 2. The number of nitrogens with zero attached hydrogens (tertiary/aromatic N) is 1. The Kier molecular flexibility index (Phi) is 6.41. The third kappa shape index (κ3) is 5.31. The molecule has 0 aliphatic rings. The second kappa shape index (κ2) is 9.38. The van der Waals surface area contributed by atoms with Crippen LogP contribution in [0.5, 0.6) is 17.4 Å². The van der Waals surface area contributed by atoms with E-state index in [0.717, 1.165) is 18.6 Å². The first-order valence-electron chi connectivity index (χ1n) is 8.85. The molecule has 0 aliphatic carbocycles. The Morgan fingerprint density at radius 3 is 2.48 bits per heavy atom. The van der Waals surface area contributed by atoms with Crippen molar-refractivity contribution < 1.29 is 14.3 Å². The van der Waals surface area contributed by atoms with Gasteiger partial charge in [-0.05, 0) is 54.8 Å². The molecule has 5 heteroatoms. The van der Waals surface area contributed by atoms with Crippen molar-refractivity contribution in [3.63, 3.8) is 0 Å². The smallest absolute Gasteiger partial charge is 0.256 e. The molecule has 0 spiro atoms. The molecule has 0 bridgehead atoms. The number of carbonyl (C=O) groups is 1. The normalized spacial score (nSPS) is 10.3. The van der Waals surface area contributed by atoms with Gasteiger partial charge in [0.05, 0.1) is 7.11 Å². The molecule has 1 amide bonds. The summed E-state index contributed by atoms with van der Waals surface area (Å²) in [5, 5.41) is 2.93. The molecule has 0 radical (unpaired) electrons. The van der Waals surface area contributed by atoms with Crippen molar-refractivity contribution in [3.8, 4) is 17.4 Å². The van der Waals surface area contributed by atoms with Crippen molar-refractivity contribution in [2.24, 2.45) is 0 Å². The van der Waals surface area contributed by atoms with Gasteiger partial charge in [0.1, 0.15) is 17.1 Å². The highest BCUT2D eigenvalue weighted by atomic mass is 16.5. The number of aromatic nitrogens is 1. The summed E-state index contributed by atoms with van der Waals surface area (Å²) in [6, 6.07) is 20.7. The van der Waals surface area contributed by atoms with E-state index in [0.29, 0.717) is 23.7 Å². The molecule has 0 unspecified atom stereocenters. The molecule has 0 fully saturated rings. The van der Waals surface area contributed by atoms with Gasteiger partial charge in [0.25, 0.3) is 5.91 Å². The summed E-state index contributed by atoms with van der Waals surface area (Å²) < 4.78 is 10.9. The number of para-hydroxylation sites is 1. The Balaban J connectivity index is 1.53. The van der Waals surface area contributed by atoms with Crippen molar-refractivity contribution in [1.29, 1.82) is 0 Å². The van der Waals surface area contributed by atoms with Gasteiger partial charge in [-0.25, -0.2) is 4.98 Å². The van der Waals surface area contributed by atoms with Gasteiger partial charge in [-0.2, -0.15) is 0 Å². The minimum Gasteiger partial charge on any atom is -0.497 e. The Bertz CT molecular complexity index is 864. The fourth-order valence-electron chi connectivity index (χ4n) is 2.63. The third-order valence-electron chi connectivity index (χ3n) is 4.06. The number of ether oxygens (including phenoxy) is 2. The van der Waals surface area contributed by atoms with E-state index < -0.39 is 0 Å². The summed E-state index contributed by atoms with van der Waals surface area (Å²) in [7, 11) is 1.65. The molecule has 5 nitrogen and oxygen atoms in total. The van der Waals surface area contributed by atoms with Gasteiger partial charge in [0.15, 0.2) is 0 Å². The van der Waals surface area contributed by atoms with E-state index in [2.05, 4.69) is 10.3 Å². The standard InChI is InChI=1S/C22H22N2O3/c1-26-18-13-11-17(12-14-18)7-5-15-23-21(25)20-10-6-16-24-22(20)27-19-8-3-2-4-9-19/h2-4,6,8-14,16H,5,7,15H2,1H3,(H,23,25). The number of nitrogens with one attached hydrogen (secondary N) is 1. The Hall–Kier alpha value is -3.34. The number of pyridine rings is 1. The van der Waals surface area contributed by atoms with Crippen LogP contribution in [-0.4, -0.2) is 24.5 Å². The van der Waals surface area contributed by atoms with Gasteiger partial charge in [0, 0.05) is 12.7 Å². The van der Waals surface area contributed by atoms with Gasteiger partial charge < -0.3 is 14.8 Å². The first-order chi connectivity index (χ1) is 13.3. The highest BCUT2D eigenvalue weighted by Gasteiger charge is 2.13. The highest BCUT2D eigenvalue weighted by Crippen LogP contribution is 2.22. The molecule has 0 atom stereocenters. The Labute approximate surface area is 159 Å². The molecule has 2 aromatic carbocycles. The van der Waals surface area contributed by atoms with Crippen LogP contribution in [0.3, 0.4) is 0 Å². The van der Waals surface area contributed by atoms with Crippen molar-refractivity contribution >= 4 is 5.91 Å². The summed E-state index contributed by atoms with van der Waals surface area (Å²) in [4.78, 5) is 16.7. The largest absolute Gasteiger partial charge is 0.497 e. The molecule has 3 aromatic rings. The van der Waals surface area contributed by atoms with Crippen LogP contribution in [0.25, 0.3) is 0 Å². The maximum atomic E-state index is 12.5.